The number of hydrogen-bond donors (Lipinski definition) is 1. The maximum absolute atomic E-state index is 13.6. The summed E-state index contributed by atoms with van der Waals surface area (Å²) in [7, 11) is 1.60. The number of benzene rings is 2. The number of carbonyl (C=O) groups is 3. The Morgan fingerprint density at radius 1 is 1.18 bits per heavy atom. The highest BCUT2D eigenvalue weighted by molar-refractivity contribution is 6.10. The Hall–Kier alpha value is -3.35. The second-order valence-electron chi connectivity index (χ2n) is 9.30. The molecule has 1 saturated carbocycles. The lowest BCUT2D eigenvalue weighted by Gasteiger charge is -2.31. The summed E-state index contributed by atoms with van der Waals surface area (Å²) in [5.74, 6) is 0.629. The van der Waals surface area contributed by atoms with Gasteiger partial charge in [0.05, 0.1) is 7.11 Å². The van der Waals surface area contributed by atoms with Crippen LogP contribution in [0.4, 0.5) is 4.79 Å². The van der Waals surface area contributed by atoms with Gasteiger partial charge >= 0.3 is 6.03 Å². The van der Waals surface area contributed by atoms with Gasteiger partial charge < -0.3 is 15.0 Å². The van der Waals surface area contributed by atoms with Crippen LogP contribution in [0.15, 0.2) is 48.5 Å². The predicted molar refractivity (Wildman–Crippen MR) is 122 cm³/mol. The average molecular weight is 448 g/mol. The quantitative estimate of drug-likeness (QED) is 0.661. The molecule has 1 N–H and O–H groups in total. The van der Waals surface area contributed by atoms with E-state index in [1.807, 2.05) is 53.4 Å². The zero-order valence-electron chi connectivity index (χ0n) is 19.0. The van der Waals surface area contributed by atoms with E-state index in [4.69, 9.17) is 4.74 Å². The van der Waals surface area contributed by atoms with E-state index in [-0.39, 0.29) is 24.4 Å². The van der Waals surface area contributed by atoms with Crippen molar-refractivity contribution in [2.75, 3.05) is 13.7 Å². The minimum absolute atomic E-state index is 0.0592. The van der Waals surface area contributed by atoms with Crippen molar-refractivity contribution in [3.8, 4) is 5.75 Å². The van der Waals surface area contributed by atoms with Crippen molar-refractivity contribution in [2.24, 2.45) is 5.92 Å². The van der Waals surface area contributed by atoms with E-state index in [0.717, 1.165) is 34.4 Å². The summed E-state index contributed by atoms with van der Waals surface area (Å²) in [5, 5.41) is 2.91. The lowest BCUT2D eigenvalue weighted by atomic mass is 9.91. The fraction of sp³-hybridized carbons (Fsp3) is 0.423. The monoisotopic (exact) mass is 447 g/mol. The molecule has 0 aromatic heterocycles. The molecule has 33 heavy (non-hydrogen) atoms. The van der Waals surface area contributed by atoms with Gasteiger partial charge in [-0.3, -0.25) is 14.5 Å². The molecule has 0 bridgehead atoms. The van der Waals surface area contributed by atoms with Crippen LogP contribution in [-0.2, 0) is 28.1 Å². The average Bonchev–Trinajstić information content (AvgIpc) is 3.58. The number of hydrogen-bond acceptors (Lipinski definition) is 4. The van der Waals surface area contributed by atoms with Crippen LogP contribution in [0, 0.1) is 5.92 Å². The smallest absolute Gasteiger partial charge is 0.325 e. The molecule has 1 heterocycles. The zero-order valence-corrected chi connectivity index (χ0v) is 19.0. The second kappa shape index (κ2) is 8.21. The van der Waals surface area contributed by atoms with Crippen LogP contribution in [-0.4, -0.2) is 47.3 Å². The normalized spacial score (nSPS) is 22.3. The Balaban J connectivity index is 1.38. The molecular formula is C26H29N3O4. The summed E-state index contributed by atoms with van der Waals surface area (Å²) in [6.45, 7) is 2.27. The number of methoxy groups -OCH3 is 1. The Morgan fingerprint density at radius 2 is 1.94 bits per heavy atom. The van der Waals surface area contributed by atoms with Gasteiger partial charge in [-0.05, 0) is 55.7 Å². The first kappa shape index (κ1) is 21.5. The van der Waals surface area contributed by atoms with Crippen LogP contribution >= 0.6 is 0 Å². The summed E-state index contributed by atoms with van der Waals surface area (Å²) in [4.78, 5) is 42.9. The SMILES string of the molecule is COc1cccc2c1CCC21NC(=O)N(CC(=O)N(Cc2ccccc2)C(C)C2CC2)C1=O. The van der Waals surface area contributed by atoms with Crippen molar-refractivity contribution in [3.05, 3.63) is 65.2 Å². The standard InChI is InChI=1S/C26H29N3O4/c1-17(19-11-12-19)28(15-18-7-4-3-5-8-18)23(30)16-29-24(31)26(27-25(29)32)14-13-20-21(26)9-6-10-22(20)33-2/h3-10,17,19H,11-16H2,1-2H3,(H,27,32). The molecule has 5 rings (SSSR count). The van der Waals surface area contributed by atoms with Crippen LogP contribution in [0.1, 0.15) is 42.9 Å². The van der Waals surface area contributed by atoms with Crippen molar-refractivity contribution >= 4 is 17.8 Å². The first-order chi connectivity index (χ1) is 15.9. The molecule has 0 radical (unpaired) electrons. The summed E-state index contributed by atoms with van der Waals surface area (Å²) in [6, 6.07) is 14.9. The molecule has 4 amide bonds. The van der Waals surface area contributed by atoms with Gasteiger partial charge in [-0.25, -0.2) is 4.79 Å². The number of ether oxygens (including phenoxy) is 1. The van der Waals surface area contributed by atoms with Crippen molar-refractivity contribution in [3.63, 3.8) is 0 Å². The fourth-order valence-corrected chi connectivity index (χ4v) is 5.28. The molecule has 2 unspecified atom stereocenters. The zero-order chi connectivity index (χ0) is 23.2. The predicted octanol–water partition coefficient (Wildman–Crippen LogP) is 3.22. The number of rotatable bonds is 7. The molecule has 172 valence electrons. The first-order valence-electron chi connectivity index (χ1n) is 11.6. The van der Waals surface area contributed by atoms with Crippen LogP contribution in [0.2, 0.25) is 0 Å². The maximum atomic E-state index is 13.6. The van der Waals surface area contributed by atoms with Gasteiger partial charge in [-0.2, -0.15) is 0 Å². The van der Waals surface area contributed by atoms with Gasteiger partial charge in [0.25, 0.3) is 5.91 Å². The number of amides is 4. The third-order valence-electron chi connectivity index (χ3n) is 7.34. The van der Waals surface area contributed by atoms with Crippen molar-refractivity contribution < 1.29 is 19.1 Å². The van der Waals surface area contributed by atoms with E-state index in [2.05, 4.69) is 12.2 Å². The summed E-state index contributed by atoms with van der Waals surface area (Å²) in [6.07, 6.45) is 3.30. The first-order valence-corrected chi connectivity index (χ1v) is 11.6. The third kappa shape index (κ3) is 3.65. The Bertz CT molecular complexity index is 1100. The van der Waals surface area contributed by atoms with Gasteiger partial charge in [0.2, 0.25) is 5.91 Å². The Kier molecular flexibility index (Phi) is 5.35. The van der Waals surface area contributed by atoms with Crippen LogP contribution < -0.4 is 10.1 Å². The summed E-state index contributed by atoms with van der Waals surface area (Å²) < 4.78 is 5.46. The van der Waals surface area contributed by atoms with E-state index in [0.29, 0.717) is 31.1 Å². The highest BCUT2D eigenvalue weighted by Gasteiger charge is 2.56. The van der Waals surface area contributed by atoms with Gasteiger partial charge in [0, 0.05) is 18.2 Å². The van der Waals surface area contributed by atoms with E-state index < -0.39 is 11.6 Å². The van der Waals surface area contributed by atoms with Crippen molar-refractivity contribution in [1.82, 2.24) is 15.1 Å². The lowest BCUT2D eigenvalue weighted by molar-refractivity contribution is -0.141. The molecule has 2 aromatic carbocycles. The number of nitrogens with zero attached hydrogens (tertiary/aromatic N) is 2. The van der Waals surface area contributed by atoms with E-state index in [1.165, 1.54) is 0 Å². The highest BCUT2D eigenvalue weighted by Crippen LogP contribution is 2.44. The van der Waals surface area contributed by atoms with Crippen molar-refractivity contribution in [2.45, 2.75) is 50.7 Å². The molecule has 1 saturated heterocycles. The third-order valence-corrected chi connectivity index (χ3v) is 7.34. The van der Waals surface area contributed by atoms with Gasteiger partial charge in [0.1, 0.15) is 17.8 Å². The topological polar surface area (TPSA) is 79.0 Å². The highest BCUT2D eigenvalue weighted by atomic mass is 16.5. The number of nitrogens with one attached hydrogen (secondary N) is 1. The maximum Gasteiger partial charge on any atom is 0.325 e. The summed E-state index contributed by atoms with van der Waals surface area (Å²) in [5.41, 5.74) is 1.62. The van der Waals surface area contributed by atoms with Gasteiger partial charge in [0.15, 0.2) is 0 Å². The minimum Gasteiger partial charge on any atom is -0.496 e. The number of carbonyl (C=O) groups excluding carboxylic acids is 3. The fourth-order valence-electron chi connectivity index (χ4n) is 5.28. The molecule has 3 aliphatic rings. The molecule has 2 aliphatic carbocycles. The number of imide groups is 1. The Morgan fingerprint density at radius 3 is 2.64 bits per heavy atom. The number of fused-ring (bicyclic) bond motifs is 2. The Labute approximate surface area is 193 Å². The summed E-state index contributed by atoms with van der Waals surface area (Å²) >= 11 is 0. The van der Waals surface area contributed by atoms with Gasteiger partial charge in [-0.1, -0.05) is 42.5 Å². The van der Waals surface area contributed by atoms with E-state index in [9.17, 15) is 14.4 Å². The lowest BCUT2D eigenvalue weighted by Crippen LogP contribution is -2.47. The molecule has 7 nitrogen and oxygen atoms in total. The van der Waals surface area contributed by atoms with Crippen LogP contribution in [0.25, 0.3) is 0 Å². The van der Waals surface area contributed by atoms with Crippen LogP contribution in [0.5, 0.6) is 5.75 Å². The molecular weight excluding hydrogens is 418 g/mol. The molecule has 2 atom stereocenters. The van der Waals surface area contributed by atoms with Crippen LogP contribution in [0.3, 0.4) is 0 Å². The minimum atomic E-state index is -1.12. The van der Waals surface area contributed by atoms with E-state index >= 15 is 0 Å². The second-order valence-corrected chi connectivity index (χ2v) is 9.30. The molecule has 1 spiro atoms. The number of urea groups is 1. The molecule has 1 aliphatic heterocycles. The largest absolute Gasteiger partial charge is 0.496 e. The van der Waals surface area contributed by atoms with Gasteiger partial charge in [-0.15, -0.1) is 0 Å². The molecule has 2 fully saturated rings. The molecule has 7 heteroatoms. The van der Waals surface area contributed by atoms with E-state index in [1.54, 1.807) is 7.11 Å². The van der Waals surface area contributed by atoms with Crippen molar-refractivity contribution in [1.29, 1.82) is 0 Å². The molecule has 2 aromatic rings.